The maximum Gasteiger partial charge on any atom is 0.238 e. The molecule has 0 saturated carbocycles. The van der Waals surface area contributed by atoms with Crippen LogP contribution < -0.4 is 14.8 Å². The Morgan fingerprint density at radius 2 is 1.67 bits per heavy atom. The Bertz CT molecular complexity index is 1250. The van der Waals surface area contributed by atoms with Crippen LogP contribution in [0.3, 0.4) is 0 Å². The van der Waals surface area contributed by atoms with E-state index < -0.39 is 5.25 Å². The van der Waals surface area contributed by atoms with E-state index in [0.29, 0.717) is 40.3 Å². The third-order valence-corrected chi connectivity index (χ3v) is 7.16. The molecule has 1 atom stereocenters. The summed E-state index contributed by atoms with van der Waals surface area (Å²) in [6.45, 7) is 0.437. The van der Waals surface area contributed by atoms with Gasteiger partial charge in [0.25, 0.3) is 0 Å². The van der Waals surface area contributed by atoms with Gasteiger partial charge in [0.2, 0.25) is 11.8 Å². The molecule has 0 aliphatic carbocycles. The number of nitrogens with zero attached hydrogens (tertiary/aromatic N) is 2. The first-order valence-corrected chi connectivity index (χ1v) is 12.6. The van der Waals surface area contributed by atoms with Crippen molar-refractivity contribution in [2.75, 3.05) is 26.1 Å². The monoisotopic (exact) mass is 523 g/mol. The van der Waals surface area contributed by atoms with Crippen LogP contribution in [0.5, 0.6) is 11.5 Å². The fraction of sp³-hybridized carbons (Fsp3) is 0.222. The lowest BCUT2D eigenvalue weighted by molar-refractivity contribution is -0.129. The second-order valence-corrected chi connectivity index (χ2v) is 9.59. The van der Waals surface area contributed by atoms with E-state index in [0.717, 1.165) is 11.3 Å². The largest absolute Gasteiger partial charge is 0.497 e. The van der Waals surface area contributed by atoms with Crippen molar-refractivity contribution in [3.63, 3.8) is 0 Å². The van der Waals surface area contributed by atoms with Crippen LogP contribution in [-0.4, -0.2) is 47.9 Å². The van der Waals surface area contributed by atoms with Crippen molar-refractivity contribution in [2.45, 2.75) is 18.1 Å². The van der Waals surface area contributed by atoms with E-state index in [1.807, 2.05) is 36.4 Å². The molecular formula is C27H26ClN3O4S. The van der Waals surface area contributed by atoms with Crippen LogP contribution in [0.4, 0.5) is 11.4 Å². The first kappa shape index (κ1) is 25.6. The Morgan fingerprint density at radius 1 is 1.03 bits per heavy atom. The van der Waals surface area contributed by atoms with Gasteiger partial charge in [-0.25, -0.2) is 4.99 Å². The van der Waals surface area contributed by atoms with Crippen LogP contribution >= 0.6 is 23.4 Å². The van der Waals surface area contributed by atoms with Gasteiger partial charge in [0.15, 0.2) is 5.17 Å². The second kappa shape index (κ2) is 12.0. The molecule has 186 valence electrons. The highest BCUT2D eigenvalue weighted by atomic mass is 35.5. The van der Waals surface area contributed by atoms with Crippen LogP contribution in [0.2, 0.25) is 5.02 Å². The van der Waals surface area contributed by atoms with Gasteiger partial charge < -0.3 is 14.8 Å². The van der Waals surface area contributed by atoms with Gasteiger partial charge in [-0.15, -0.1) is 0 Å². The van der Waals surface area contributed by atoms with Gasteiger partial charge in [-0.3, -0.25) is 14.5 Å². The number of aliphatic imine (C=N–C) groups is 1. The van der Waals surface area contributed by atoms with Crippen LogP contribution in [0.25, 0.3) is 0 Å². The normalized spacial score (nSPS) is 16.6. The fourth-order valence-electron chi connectivity index (χ4n) is 3.64. The molecule has 0 bridgehead atoms. The highest BCUT2D eigenvalue weighted by Crippen LogP contribution is 2.31. The number of thioether (sulfide) groups is 1. The number of amidine groups is 1. The van der Waals surface area contributed by atoms with Crippen LogP contribution in [0.15, 0.2) is 77.8 Å². The molecule has 1 aliphatic heterocycles. The summed E-state index contributed by atoms with van der Waals surface area (Å²) in [6.07, 6.45) is 0.694. The number of benzene rings is 3. The molecule has 0 aromatic heterocycles. The minimum Gasteiger partial charge on any atom is -0.497 e. The summed E-state index contributed by atoms with van der Waals surface area (Å²) in [5.41, 5.74) is 2.23. The van der Waals surface area contributed by atoms with Crippen molar-refractivity contribution in [1.82, 2.24) is 4.90 Å². The SMILES string of the molecule is COc1ccc(CCN2C(=O)CC(C(=O)Nc3ccccc3Cl)SC2=Nc2ccc(OC)cc2)cc1. The number of nitrogens with one attached hydrogen (secondary N) is 1. The molecule has 1 unspecified atom stereocenters. The Balaban J connectivity index is 1.55. The maximum atomic E-state index is 13.2. The smallest absolute Gasteiger partial charge is 0.238 e. The van der Waals surface area contributed by atoms with E-state index in [1.165, 1.54) is 11.8 Å². The molecule has 1 N–H and O–H groups in total. The highest BCUT2D eigenvalue weighted by Gasteiger charge is 2.36. The summed E-state index contributed by atoms with van der Waals surface area (Å²) in [7, 11) is 3.22. The number of ether oxygens (including phenoxy) is 2. The molecule has 1 aliphatic rings. The molecule has 9 heteroatoms. The molecule has 0 spiro atoms. The summed E-state index contributed by atoms with van der Waals surface area (Å²) in [4.78, 5) is 32.7. The number of para-hydroxylation sites is 1. The van der Waals surface area contributed by atoms with E-state index in [4.69, 9.17) is 26.1 Å². The van der Waals surface area contributed by atoms with Gasteiger partial charge in [-0.2, -0.15) is 0 Å². The molecule has 1 heterocycles. The Hall–Kier alpha value is -3.49. The molecular weight excluding hydrogens is 498 g/mol. The number of methoxy groups -OCH3 is 2. The lowest BCUT2D eigenvalue weighted by atomic mass is 10.1. The molecule has 3 aromatic rings. The van der Waals surface area contributed by atoms with Crippen molar-refractivity contribution in [3.8, 4) is 11.5 Å². The molecule has 2 amide bonds. The number of hydrogen-bond acceptors (Lipinski definition) is 6. The van der Waals surface area contributed by atoms with E-state index in [-0.39, 0.29) is 18.2 Å². The molecule has 1 saturated heterocycles. The van der Waals surface area contributed by atoms with Gasteiger partial charge in [0.05, 0.1) is 30.6 Å². The summed E-state index contributed by atoms with van der Waals surface area (Å²) < 4.78 is 10.4. The lowest BCUT2D eigenvalue weighted by Crippen LogP contribution is -2.46. The Kier molecular flexibility index (Phi) is 8.51. The predicted molar refractivity (Wildman–Crippen MR) is 145 cm³/mol. The second-order valence-electron chi connectivity index (χ2n) is 8.02. The number of carbonyl (C=O) groups is 2. The molecule has 36 heavy (non-hydrogen) atoms. The zero-order valence-corrected chi connectivity index (χ0v) is 21.5. The molecule has 4 rings (SSSR count). The van der Waals surface area contributed by atoms with E-state index in [9.17, 15) is 9.59 Å². The molecule has 0 radical (unpaired) electrons. The van der Waals surface area contributed by atoms with Crippen molar-refractivity contribution in [1.29, 1.82) is 0 Å². The zero-order chi connectivity index (χ0) is 25.5. The number of hydrogen-bond donors (Lipinski definition) is 1. The summed E-state index contributed by atoms with van der Waals surface area (Å²) in [5.74, 6) is 1.03. The van der Waals surface area contributed by atoms with E-state index in [1.54, 1.807) is 55.5 Å². The third kappa shape index (κ3) is 6.38. The van der Waals surface area contributed by atoms with E-state index in [2.05, 4.69) is 5.32 Å². The number of rotatable bonds is 8. The average Bonchev–Trinajstić information content (AvgIpc) is 2.90. The standard InChI is InChI=1S/C27H26ClN3O4S/c1-34-20-11-7-18(8-12-20)15-16-31-25(32)17-24(26(33)30-23-6-4-3-5-22(23)28)36-27(31)29-19-9-13-21(35-2)14-10-19/h3-14,24H,15-17H2,1-2H3,(H,30,33). The topological polar surface area (TPSA) is 80.2 Å². The Morgan fingerprint density at radius 3 is 2.31 bits per heavy atom. The van der Waals surface area contributed by atoms with Gasteiger partial charge in [-0.1, -0.05) is 47.6 Å². The van der Waals surface area contributed by atoms with Gasteiger partial charge in [0.1, 0.15) is 16.7 Å². The van der Waals surface area contributed by atoms with Gasteiger partial charge in [0, 0.05) is 13.0 Å². The molecule has 3 aromatic carbocycles. The fourth-order valence-corrected chi connectivity index (χ4v) is 4.95. The third-order valence-electron chi connectivity index (χ3n) is 5.64. The highest BCUT2D eigenvalue weighted by molar-refractivity contribution is 8.15. The van der Waals surface area contributed by atoms with Crippen molar-refractivity contribution in [3.05, 3.63) is 83.4 Å². The van der Waals surface area contributed by atoms with Gasteiger partial charge >= 0.3 is 0 Å². The van der Waals surface area contributed by atoms with Gasteiger partial charge in [-0.05, 0) is 60.5 Å². The average molecular weight is 524 g/mol. The van der Waals surface area contributed by atoms with Crippen LogP contribution in [0, 0.1) is 0 Å². The summed E-state index contributed by atoms with van der Waals surface area (Å²) in [6, 6.07) is 22.0. The summed E-state index contributed by atoms with van der Waals surface area (Å²) in [5, 5.41) is 3.11. The maximum absolute atomic E-state index is 13.2. The number of carbonyl (C=O) groups excluding carboxylic acids is 2. The molecule has 7 nitrogen and oxygen atoms in total. The molecule has 1 fully saturated rings. The number of anilines is 1. The predicted octanol–water partition coefficient (Wildman–Crippen LogP) is 5.56. The first-order chi connectivity index (χ1) is 17.5. The summed E-state index contributed by atoms with van der Waals surface area (Å²) >= 11 is 7.47. The zero-order valence-electron chi connectivity index (χ0n) is 19.9. The number of halogens is 1. The number of amides is 2. The van der Waals surface area contributed by atoms with Crippen LogP contribution in [-0.2, 0) is 16.0 Å². The Labute approximate surface area is 219 Å². The van der Waals surface area contributed by atoms with Crippen molar-refractivity contribution in [2.24, 2.45) is 4.99 Å². The minimum atomic E-state index is -0.636. The lowest BCUT2D eigenvalue weighted by Gasteiger charge is -2.32. The quantitative estimate of drug-likeness (QED) is 0.418. The van der Waals surface area contributed by atoms with Crippen LogP contribution in [0.1, 0.15) is 12.0 Å². The van der Waals surface area contributed by atoms with Crippen molar-refractivity contribution < 1.29 is 19.1 Å². The minimum absolute atomic E-state index is 0.0607. The van der Waals surface area contributed by atoms with Crippen molar-refractivity contribution >= 4 is 51.7 Å². The first-order valence-electron chi connectivity index (χ1n) is 11.3. The van der Waals surface area contributed by atoms with E-state index >= 15 is 0 Å².